The first-order chi connectivity index (χ1) is 10.7. The fourth-order valence-corrected chi connectivity index (χ4v) is 3.51. The summed E-state index contributed by atoms with van der Waals surface area (Å²) >= 11 is 0. The van der Waals surface area contributed by atoms with Gasteiger partial charge in [0.05, 0.1) is 11.4 Å². The summed E-state index contributed by atoms with van der Waals surface area (Å²) in [6.45, 7) is 10.4. The molecule has 1 aliphatic rings. The molecule has 1 fully saturated rings. The minimum absolute atomic E-state index is 0.00479. The molecule has 2 aromatic rings. The van der Waals surface area contributed by atoms with E-state index >= 15 is 0 Å². The van der Waals surface area contributed by atoms with Crippen molar-refractivity contribution in [2.45, 2.75) is 34.6 Å². The number of nitrogens with one attached hydrogen (secondary N) is 1. The molecule has 3 N–H and O–H groups in total. The molecule has 122 valence electrons. The molecule has 23 heavy (non-hydrogen) atoms. The number of nitrogen functional groups attached to an aromatic ring is 1. The number of amides is 1. The summed E-state index contributed by atoms with van der Waals surface area (Å²) in [5.74, 6) is 0.453. The van der Waals surface area contributed by atoms with Crippen molar-refractivity contribution in [3.63, 3.8) is 0 Å². The van der Waals surface area contributed by atoms with Crippen molar-refractivity contribution in [3.8, 4) is 5.69 Å². The van der Waals surface area contributed by atoms with Crippen LogP contribution in [0.25, 0.3) is 5.69 Å². The number of benzene rings is 1. The van der Waals surface area contributed by atoms with E-state index in [1.54, 1.807) is 4.68 Å². The summed E-state index contributed by atoms with van der Waals surface area (Å²) in [6.07, 6.45) is 0. The average molecular weight is 312 g/mol. The summed E-state index contributed by atoms with van der Waals surface area (Å²) in [4.78, 5) is 12.7. The summed E-state index contributed by atoms with van der Waals surface area (Å²) < 4.78 is 1.66. The first kappa shape index (κ1) is 15.6. The number of anilines is 2. The number of rotatable bonds is 3. The third-order valence-corrected chi connectivity index (χ3v) is 5.63. The Kier molecular flexibility index (Phi) is 3.29. The van der Waals surface area contributed by atoms with Gasteiger partial charge in [-0.15, -0.1) is 0 Å². The van der Waals surface area contributed by atoms with Crippen LogP contribution in [0, 0.1) is 23.7 Å². The number of aryl methyl sites for hydroxylation is 1. The second kappa shape index (κ2) is 4.85. The summed E-state index contributed by atoms with van der Waals surface area (Å²) in [7, 11) is 0. The zero-order valence-corrected chi connectivity index (χ0v) is 14.3. The molecule has 0 aliphatic heterocycles. The van der Waals surface area contributed by atoms with Crippen LogP contribution in [0.15, 0.2) is 30.3 Å². The molecule has 3 rings (SSSR count). The Morgan fingerprint density at radius 2 is 1.74 bits per heavy atom. The monoisotopic (exact) mass is 312 g/mol. The van der Waals surface area contributed by atoms with Crippen molar-refractivity contribution >= 4 is 17.4 Å². The van der Waals surface area contributed by atoms with E-state index in [-0.39, 0.29) is 22.7 Å². The van der Waals surface area contributed by atoms with Gasteiger partial charge in [0, 0.05) is 5.92 Å². The highest BCUT2D eigenvalue weighted by Crippen LogP contribution is 2.68. The lowest BCUT2D eigenvalue weighted by Gasteiger charge is -2.08. The third kappa shape index (κ3) is 2.22. The molecule has 5 heteroatoms. The minimum Gasteiger partial charge on any atom is -0.382 e. The van der Waals surface area contributed by atoms with Crippen LogP contribution < -0.4 is 11.1 Å². The van der Waals surface area contributed by atoms with Crippen LogP contribution >= 0.6 is 0 Å². The molecular formula is C18H24N4O. The van der Waals surface area contributed by atoms with Gasteiger partial charge in [0.2, 0.25) is 5.91 Å². The maximum absolute atomic E-state index is 12.7. The van der Waals surface area contributed by atoms with Gasteiger partial charge < -0.3 is 11.1 Å². The number of hydrogen-bond acceptors (Lipinski definition) is 3. The van der Waals surface area contributed by atoms with E-state index in [1.807, 2.05) is 37.3 Å². The van der Waals surface area contributed by atoms with Crippen LogP contribution in [0.5, 0.6) is 0 Å². The van der Waals surface area contributed by atoms with Crippen LogP contribution in [-0.4, -0.2) is 15.7 Å². The van der Waals surface area contributed by atoms with Crippen LogP contribution in [-0.2, 0) is 4.79 Å². The largest absolute Gasteiger partial charge is 0.382 e. The Hall–Kier alpha value is -2.30. The number of hydrogen-bond donors (Lipinski definition) is 2. The van der Waals surface area contributed by atoms with Crippen LogP contribution in [0.1, 0.15) is 33.4 Å². The number of aromatic nitrogens is 2. The molecular weight excluding hydrogens is 288 g/mol. The normalized spacial score (nSPS) is 18.7. The van der Waals surface area contributed by atoms with Gasteiger partial charge in [0.1, 0.15) is 5.69 Å². The molecule has 0 atom stereocenters. The van der Waals surface area contributed by atoms with Crippen LogP contribution in [0.3, 0.4) is 0 Å². The Labute approximate surface area is 136 Å². The van der Waals surface area contributed by atoms with Crippen LogP contribution in [0.2, 0.25) is 0 Å². The van der Waals surface area contributed by atoms with Gasteiger partial charge >= 0.3 is 0 Å². The first-order valence-corrected chi connectivity index (χ1v) is 7.89. The maximum atomic E-state index is 12.7. The number of carbonyl (C=O) groups excluding carboxylic acids is 1. The van der Waals surface area contributed by atoms with Crippen molar-refractivity contribution in [1.29, 1.82) is 0 Å². The highest BCUT2D eigenvalue weighted by molar-refractivity contribution is 5.98. The first-order valence-electron chi connectivity index (χ1n) is 7.89. The van der Waals surface area contributed by atoms with E-state index in [4.69, 9.17) is 5.73 Å². The molecule has 1 aliphatic carbocycles. The van der Waals surface area contributed by atoms with Crippen molar-refractivity contribution < 1.29 is 4.79 Å². The summed E-state index contributed by atoms with van der Waals surface area (Å²) in [5.41, 5.74) is 8.42. The van der Waals surface area contributed by atoms with Gasteiger partial charge in [-0.2, -0.15) is 5.10 Å². The predicted octanol–water partition coefficient (Wildman–Crippen LogP) is 3.38. The second-order valence-electron chi connectivity index (χ2n) is 7.46. The van der Waals surface area contributed by atoms with E-state index < -0.39 is 0 Å². The van der Waals surface area contributed by atoms with Gasteiger partial charge in [0.25, 0.3) is 0 Å². The Morgan fingerprint density at radius 3 is 2.26 bits per heavy atom. The molecule has 0 bridgehead atoms. The number of nitrogens with two attached hydrogens (primary N) is 1. The van der Waals surface area contributed by atoms with Gasteiger partial charge in [-0.05, 0) is 29.9 Å². The molecule has 0 spiro atoms. The Bertz CT molecular complexity index is 745. The van der Waals surface area contributed by atoms with E-state index in [0.29, 0.717) is 11.5 Å². The number of carbonyl (C=O) groups is 1. The van der Waals surface area contributed by atoms with E-state index in [0.717, 1.165) is 11.4 Å². The Balaban J connectivity index is 1.88. The van der Waals surface area contributed by atoms with Crippen molar-refractivity contribution in [1.82, 2.24) is 9.78 Å². The Morgan fingerprint density at radius 1 is 1.17 bits per heavy atom. The second-order valence-corrected chi connectivity index (χ2v) is 7.46. The lowest BCUT2D eigenvalue weighted by Crippen LogP contribution is -2.18. The highest BCUT2D eigenvalue weighted by Gasteiger charge is 2.68. The van der Waals surface area contributed by atoms with Crippen molar-refractivity contribution in [2.24, 2.45) is 16.7 Å². The van der Waals surface area contributed by atoms with E-state index in [1.165, 1.54) is 0 Å². The fraction of sp³-hybridized carbons (Fsp3) is 0.444. The fourth-order valence-electron chi connectivity index (χ4n) is 3.51. The molecule has 1 aromatic heterocycles. The van der Waals surface area contributed by atoms with Gasteiger partial charge in [0.15, 0.2) is 5.82 Å². The zero-order valence-electron chi connectivity index (χ0n) is 14.3. The van der Waals surface area contributed by atoms with Gasteiger partial charge in [-0.25, -0.2) is 4.68 Å². The summed E-state index contributed by atoms with van der Waals surface area (Å²) in [6, 6.07) is 9.66. The average Bonchev–Trinajstić information content (AvgIpc) is 2.74. The standard InChI is InChI=1S/C18H24N4O/c1-11-13(20-16(23)14-17(2,3)18(14,4)5)15(19)22(21-11)12-9-7-6-8-10-12/h6-10,14H,19H2,1-5H3,(H,20,23). The van der Waals surface area contributed by atoms with Crippen molar-refractivity contribution in [3.05, 3.63) is 36.0 Å². The number of nitrogens with zero attached hydrogens (tertiary/aromatic N) is 2. The summed E-state index contributed by atoms with van der Waals surface area (Å²) in [5, 5.41) is 7.46. The zero-order chi connectivity index (χ0) is 17.0. The van der Waals surface area contributed by atoms with Gasteiger partial charge in [-0.1, -0.05) is 45.9 Å². The molecule has 1 heterocycles. The smallest absolute Gasteiger partial charge is 0.228 e. The van der Waals surface area contributed by atoms with Crippen molar-refractivity contribution in [2.75, 3.05) is 11.1 Å². The lowest BCUT2D eigenvalue weighted by molar-refractivity contribution is -0.118. The predicted molar refractivity (Wildman–Crippen MR) is 92.4 cm³/mol. The third-order valence-electron chi connectivity index (χ3n) is 5.63. The molecule has 0 radical (unpaired) electrons. The molecule has 5 nitrogen and oxygen atoms in total. The molecule has 1 saturated carbocycles. The quantitative estimate of drug-likeness (QED) is 0.912. The topological polar surface area (TPSA) is 72.9 Å². The van der Waals surface area contributed by atoms with E-state index in [2.05, 4.69) is 38.1 Å². The van der Waals surface area contributed by atoms with Crippen LogP contribution in [0.4, 0.5) is 11.5 Å². The number of para-hydroxylation sites is 1. The highest BCUT2D eigenvalue weighted by atomic mass is 16.2. The maximum Gasteiger partial charge on any atom is 0.228 e. The van der Waals surface area contributed by atoms with E-state index in [9.17, 15) is 4.79 Å². The molecule has 1 aromatic carbocycles. The molecule has 1 amide bonds. The molecule has 0 saturated heterocycles. The molecule has 0 unspecified atom stereocenters. The minimum atomic E-state index is -0.0196. The van der Waals surface area contributed by atoms with Gasteiger partial charge in [-0.3, -0.25) is 4.79 Å². The lowest BCUT2D eigenvalue weighted by atomic mass is 10.0. The SMILES string of the molecule is Cc1nn(-c2ccccc2)c(N)c1NC(=O)C1C(C)(C)C1(C)C.